The lowest BCUT2D eigenvalue weighted by molar-refractivity contribution is -0.120. The normalized spacial score (nSPS) is 14.1. The zero-order valence-electron chi connectivity index (χ0n) is 8.99. The predicted molar refractivity (Wildman–Crippen MR) is 61.1 cm³/mol. The zero-order valence-corrected chi connectivity index (χ0v) is 8.99. The minimum Gasteiger partial charge on any atom is -0.325 e. The monoisotopic (exact) mass is 207 g/mol. The van der Waals surface area contributed by atoms with Crippen LogP contribution in [0.2, 0.25) is 0 Å². The number of nitrogens with one attached hydrogen (secondary N) is 2. The highest BCUT2D eigenvalue weighted by molar-refractivity contribution is 5.88. The summed E-state index contributed by atoms with van der Waals surface area (Å²) in [5.41, 5.74) is 3.41. The van der Waals surface area contributed by atoms with Gasteiger partial charge < -0.3 is 5.32 Å². The zero-order chi connectivity index (χ0) is 10.9. The van der Waals surface area contributed by atoms with Crippen molar-refractivity contribution < 1.29 is 4.79 Å². The second kappa shape index (κ2) is 6.81. The molecule has 0 aromatic rings. The Balaban J connectivity index is 2.30. The number of rotatable bonds is 5. The van der Waals surface area contributed by atoms with E-state index in [1.165, 1.54) is 0 Å². The van der Waals surface area contributed by atoms with Crippen LogP contribution < -0.4 is 10.7 Å². The van der Waals surface area contributed by atoms with Crippen LogP contribution in [0.25, 0.3) is 0 Å². The first-order valence-electron chi connectivity index (χ1n) is 5.28. The third-order valence-corrected chi connectivity index (χ3v) is 2.02. The maximum atomic E-state index is 11.4. The predicted octanol–water partition coefficient (Wildman–Crippen LogP) is 1.67. The number of carbonyl (C=O) groups excluding carboxylic acids is 1. The number of hydrazone groups is 1. The third kappa shape index (κ3) is 5.00. The Bertz CT molecular complexity index is 292. The Morgan fingerprint density at radius 2 is 2.40 bits per heavy atom. The molecule has 0 saturated heterocycles. The molecule has 0 fully saturated rings. The van der Waals surface area contributed by atoms with E-state index in [4.69, 9.17) is 0 Å². The molecule has 1 aliphatic rings. The SMILES string of the molecule is CCCCCC(=O)NC1=CC=CNN=C1. The van der Waals surface area contributed by atoms with Crippen molar-refractivity contribution in [1.82, 2.24) is 10.7 Å². The van der Waals surface area contributed by atoms with Crippen LogP contribution in [-0.4, -0.2) is 12.1 Å². The van der Waals surface area contributed by atoms with E-state index in [0.717, 1.165) is 25.0 Å². The largest absolute Gasteiger partial charge is 0.325 e. The molecular weight excluding hydrogens is 190 g/mol. The third-order valence-electron chi connectivity index (χ3n) is 2.02. The van der Waals surface area contributed by atoms with Crippen molar-refractivity contribution in [3.05, 3.63) is 24.0 Å². The number of unbranched alkanes of at least 4 members (excludes halogenated alkanes) is 2. The van der Waals surface area contributed by atoms with Gasteiger partial charge in [0, 0.05) is 12.6 Å². The topological polar surface area (TPSA) is 53.5 Å². The number of carbonyl (C=O) groups is 1. The fraction of sp³-hybridized carbons (Fsp3) is 0.455. The quantitative estimate of drug-likeness (QED) is 0.674. The van der Waals surface area contributed by atoms with Crippen molar-refractivity contribution >= 4 is 12.1 Å². The van der Waals surface area contributed by atoms with Crippen molar-refractivity contribution in [2.24, 2.45) is 5.10 Å². The number of hydrogen-bond acceptors (Lipinski definition) is 3. The van der Waals surface area contributed by atoms with Gasteiger partial charge in [0.2, 0.25) is 5.91 Å². The molecule has 1 aliphatic heterocycles. The van der Waals surface area contributed by atoms with Crippen LogP contribution in [0.5, 0.6) is 0 Å². The lowest BCUT2D eigenvalue weighted by Crippen LogP contribution is -2.23. The van der Waals surface area contributed by atoms with Crippen molar-refractivity contribution in [2.75, 3.05) is 0 Å². The van der Waals surface area contributed by atoms with Gasteiger partial charge in [-0.25, -0.2) is 0 Å². The minimum atomic E-state index is 0.0523. The van der Waals surface area contributed by atoms with Crippen LogP contribution in [0.3, 0.4) is 0 Å². The summed E-state index contributed by atoms with van der Waals surface area (Å²) in [6.07, 6.45) is 10.7. The van der Waals surface area contributed by atoms with Crippen molar-refractivity contribution in [3.63, 3.8) is 0 Å². The van der Waals surface area contributed by atoms with Crippen molar-refractivity contribution in [3.8, 4) is 0 Å². The number of amides is 1. The van der Waals surface area contributed by atoms with Gasteiger partial charge in [-0.15, -0.1) is 0 Å². The Kier molecular flexibility index (Phi) is 5.22. The Labute approximate surface area is 90.1 Å². The van der Waals surface area contributed by atoms with E-state index in [1.54, 1.807) is 24.6 Å². The van der Waals surface area contributed by atoms with E-state index < -0.39 is 0 Å². The molecule has 0 aliphatic carbocycles. The second-order valence-corrected chi connectivity index (χ2v) is 3.37. The molecule has 1 rings (SSSR count). The summed E-state index contributed by atoms with van der Waals surface area (Å²) in [5.74, 6) is 0.0523. The highest BCUT2D eigenvalue weighted by atomic mass is 16.1. The molecule has 2 N–H and O–H groups in total. The second-order valence-electron chi connectivity index (χ2n) is 3.37. The van der Waals surface area contributed by atoms with Gasteiger partial charge in [-0.3, -0.25) is 10.2 Å². The van der Waals surface area contributed by atoms with E-state index in [1.807, 2.05) is 0 Å². The van der Waals surface area contributed by atoms with Crippen LogP contribution >= 0.6 is 0 Å². The van der Waals surface area contributed by atoms with Crippen LogP contribution in [0.15, 0.2) is 29.2 Å². The van der Waals surface area contributed by atoms with Gasteiger partial charge in [0.1, 0.15) is 0 Å². The van der Waals surface area contributed by atoms with Crippen LogP contribution in [0.1, 0.15) is 32.6 Å². The molecule has 0 bridgehead atoms. The molecule has 0 unspecified atom stereocenters. The molecule has 0 aromatic carbocycles. The smallest absolute Gasteiger partial charge is 0.224 e. The Morgan fingerprint density at radius 1 is 1.53 bits per heavy atom. The van der Waals surface area contributed by atoms with Gasteiger partial charge in [-0.05, 0) is 18.6 Å². The minimum absolute atomic E-state index is 0.0523. The van der Waals surface area contributed by atoms with Crippen LogP contribution in [-0.2, 0) is 4.79 Å². The lowest BCUT2D eigenvalue weighted by Gasteiger charge is -2.03. The highest BCUT2D eigenvalue weighted by Crippen LogP contribution is 1.99. The fourth-order valence-corrected chi connectivity index (χ4v) is 1.22. The maximum absolute atomic E-state index is 11.4. The molecule has 0 aromatic heterocycles. The summed E-state index contributed by atoms with van der Waals surface area (Å²) in [7, 11) is 0. The molecule has 82 valence electrons. The Morgan fingerprint density at radius 3 is 3.20 bits per heavy atom. The summed E-state index contributed by atoms with van der Waals surface area (Å²) in [6.45, 7) is 2.12. The Hall–Kier alpha value is -1.58. The van der Waals surface area contributed by atoms with Gasteiger partial charge in [-0.1, -0.05) is 19.8 Å². The van der Waals surface area contributed by atoms with Gasteiger partial charge in [-0.2, -0.15) is 5.10 Å². The summed E-state index contributed by atoms with van der Waals surface area (Å²) in [6, 6.07) is 0. The summed E-state index contributed by atoms with van der Waals surface area (Å²) in [4.78, 5) is 11.4. The average molecular weight is 207 g/mol. The number of nitrogens with zero attached hydrogens (tertiary/aromatic N) is 1. The molecular formula is C11H17N3O. The lowest BCUT2D eigenvalue weighted by atomic mass is 10.2. The maximum Gasteiger partial charge on any atom is 0.224 e. The molecule has 1 amide bonds. The van der Waals surface area contributed by atoms with E-state index in [-0.39, 0.29) is 5.91 Å². The van der Waals surface area contributed by atoms with Gasteiger partial charge in [0.15, 0.2) is 0 Å². The molecule has 0 atom stereocenters. The molecule has 0 spiro atoms. The molecule has 1 heterocycles. The summed E-state index contributed by atoms with van der Waals surface area (Å²) >= 11 is 0. The standard InChI is InChI=1S/C11H17N3O/c1-2-3-4-7-11(15)14-10-6-5-8-12-13-9-10/h5-6,8-9,12H,2-4,7H2,1H3,(H,14,15). The molecule has 0 radical (unpaired) electrons. The molecule has 4 nitrogen and oxygen atoms in total. The van der Waals surface area contributed by atoms with Gasteiger partial charge >= 0.3 is 0 Å². The summed E-state index contributed by atoms with van der Waals surface area (Å²) in [5, 5.41) is 6.66. The number of hydrogen-bond donors (Lipinski definition) is 2. The van der Waals surface area contributed by atoms with E-state index in [0.29, 0.717) is 6.42 Å². The fourth-order valence-electron chi connectivity index (χ4n) is 1.22. The summed E-state index contributed by atoms with van der Waals surface area (Å²) < 4.78 is 0. The van der Waals surface area contributed by atoms with E-state index in [2.05, 4.69) is 22.8 Å². The molecule has 0 saturated carbocycles. The first-order chi connectivity index (χ1) is 7.33. The molecule has 4 heteroatoms. The van der Waals surface area contributed by atoms with Crippen molar-refractivity contribution in [1.29, 1.82) is 0 Å². The van der Waals surface area contributed by atoms with Crippen molar-refractivity contribution in [2.45, 2.75) is 32.6 Å². The van der Waals surface area contributed by atoms with Crippen LogP contribution in [0, 0.1) is 0 Å². The van der Waals surface area contributed by atoms with E-state index in [9.17, 15) is 4.79 Å². The van der Waals surface area contributed by atoms with Gasteiger partial charge in [0.05, 0.1) is 11.9 Å². The average Bonchev–Trinajstić information content (AvgIpc) is 2.47. The number of allylic oxidation sites excluding steroid dienone is 3. The highest BCUT2D eigenvalue weighted by Gasteiger charge is 2.02. The first kappa shape index (κ1) is 11.5. The molecule has 15 heavy (non-hydrogen) atoms. The first-order valence-corrected chi connectivity index (χ1v) is 5.28. The van der Waals surface area contributed by atoms with Crippen LogP contribution in [0.4, 0.5) is 0 Å². The van der Waals surface area contributed by atoms with Gasteiger partial charge in [0.25, 0.3) is 0 Å². The van der Waals surface area contributed by atoms with E-state index >= 15 is 0 Å².